The molecule has 0 spiro atoms. The quantitative estimate of drug-likeness (QED) is 0.724. The second kappa shape index (κ2) is 6.38. The molecule has 118 valence electrons. The lowest BCUT2D eigenvalue weighted by atomic mass is 10.1. The minimum atomic E-state index is -0.0815. The Morgan fingerprint density at radius 3 is 2.52 bits per heavy atom. The van der Waals surface area contributed by atoms with Crippen LogP contribution < -0.4 is 4.74 Å². The number of methoxy groups -OCH3 is 1. The van der Waals surface area contributed by atoms with Gasteiger partial charge in [-0.2, -0.15) is 0 Å². The largest absolute Gasteiger partial charge is 0.497 e. The van der Waals surface area contributed by atoms with Gasteiger partial charge in [0.25, 0.3) is 5.91 Å². The van der Waals surface area contributed by atoms with Gasteiger partial charge in [-0.15, -0.1) is 11.3 Å². The normalized spacial score (nSPS) is 12.1. The highest BCUT2D eigenvalue weighted by molar-refractivity contribution is 7.18. The average Bonchev–Trinajstić information content (AvgIpc) is 3.04. The second-order valence-corrected chi connectivity index (χ2v) is 6.40. The van der Waals surface area contributed by atoms with E-state index in [1.165, 1.54) is 0 Å². The summed E-state index contributed by atoms with van der Waals surface area (Å²) < 4.78 is 6.27. The van der Waals surface area contributed by atoms with Crippen LogP contribution in [0, 0.1) is 0 Å². The third-order valence-corrected chi connectivity index (χ3v) is 5.11. The molecular formula is C18H18N2O2S. The molecule has 2 aromatic carbocycles. The van der Waals surface area contributed by atoms with Crippen molar-refractivity contribution in [1.82, 2.24) is 9.88 Å². The zero-order valence-electron chi connectivity index (χ0n) is 13.3. The third-order valence-electron chi connectivity index (χ3n) is 3.91. The zero-order chi connectivity index (χ0) is 16.4. The van der Waals surface area contributed by atoms with Crippen LogP contribution in [0.4, 0.5) is 0 Å². The van der Waals surface area contributed by atoms with Crippen LogP contribution in [0.3, 0.4) is 0 Å². The standard InChI is InChI=1S/C18H18N2O2S/c1-12(17-19-15-6-4-5-7-16(15)23-17)20(2)18(21)13-8-10-14(22-3)11-9-13/h4-12H,1-3H3/t12-/m0/s1. The Balaban J connectivity index is 1.82. The van der Waals surface area contributed by atoms with Gasteiger partial charge in [-0.1, -0.05) is 12.1 Å². The number of ether oxygens (including phenoxy) is 1. The highest BCUT2D eigenvalue weighted by Crippen LogP contribution is 2.29. The Labute approximate surface area is 139 Å². The highest BCUT2D eigenvalue weighted by atomic mass is 32.1. The van der Waals surface area contributed by atoms with Gasteiger partial charge in [0.1, 0.15) is 10.8 Å². The molecule has 0 aliphatic rings. The van der Waals surface area contributed by atoms with Crippen molar-refractivity contribution in [3.63, 3.8) is 0 Å². The van der Waals surface area contributed by atoms with Gasteiger partial charge in [0.05, 0.1) is 23.4 Å². The molecule has 0 aliphatic heterocycles. The van der Waals surface area contributed by atoms with Crippen molar-refractivity contribution < 1.29 is 9.53 Å². The number of carbonyl (C=O) groups is 1. The van der Waals surface area contributed by atoms with Crippen LogP contribution in [0.5, 0.6) is 5.75 Å². The molecule has 5 heteroatoms. The van der Waals surface area contributed by atoms with Gasteiger partial charge >= 0.3 is 0 Å². The van der Waals surface area contributed by atoms with Crippen molar-refractivity contribution in [1.29, 1.82) is 0 Å². The number of hydrogen-bond donors (Lipinski definition) is 0. The molecule has 3 aromatic rings. The van der Waals surface area contributed by atoms with Crippen LogP contribution in [-0.2, 0) is 0 Å². The fourth-order valence-corrected chi connectivity index (χ4v) is 3.41. The van der Waals surface area contributed by atoms with E-state index in [1.54, 1.807) is 47.6 Å². The fourth-order valence-electron chi connectivity index (χ4n) is 2.35. The number of aromatic nitrogens is 1. The van der Waals surface area contributed by atoms with E-state index in [0.717, 1.165) is 21.0 Å². The van der Waals surface area contributed by atoms with Gasteiger partial charge in [-0.3, -0.25) is 4.79 Å². The molecule has 23 heavy (non-hydrogen) atoms. The van der Waals surface area contributed by atoms with E-state index in [9.17, 15) is 4.79 Å². The molecule has 1 atom stereocenters. The van der Waals surface area contributed by atoms with Crippen molar-refractivity contribution in [2.24, 2.45) is 0 Å². The predicted molar refractivity (Wildman–Crippen MR) is 93.1 cm³/mol. The van der Waals surface area contributed by atoms with E-state index in [-0.39, 0.29) is 11.9 Å². The molecule has 0 saturated heterocycles. The zero-order valence-corrected chi connectivity index (χ0v) is 14.1. The first-order chi connectivity index (χ1) is 11.1. The lowest BCUT2D eigenvalue weighted by Gasteiger charge is -2.23. The summed E-state index contributed by atoms with van der Waals surface area (Å²) in [5, 5.41) is 0.940. The number of amides is 1. The molecule has 4 nitrogen and oxygen atoms in total. The summed E-state index contributed by atoms with van der Waals surface area (Å²) in [5.41, 5.74) is 1.62. The molecule has 0 radical (unpaired) electrons. The van der Waals surface area contributed by atoms with Gasteiger partial charge in [0, 0.05) is 12.6 Å². The van der Waals surface area contributed by atoms with Crippen molar-refractivity contribution >= 4 is 27.5 Å². The van der Waals surface area contributed by atoms with E-state index in [0.29, 0.717) is 5.56 Å². The molecule has 3 rings (SSSR count). The molecule has 1 aromatic heterocycles. The fraction of sp³-hybridized carbons (Fsp3) is 0.222. The SMILES string of the molecule is COc1ccc(C(=O)N(C)[C@@H](C)c2nc3ccccc3s2)cc1. The van der Waals surface area contributed by atoms with Crippen LogP contribution in [-0.4, -0.2) is 29.9 Å². The number of para-hydroxylation sites is 1. The molecule has 0 fully saturated rings. The second-order valence-electron chi connectivity index (χ2n) is 5.34. The molecule has 0 saturated carbocycles. The Hall–Kier alpha value is -2.40. The van der Waals surface area contributed by atoms with Crippen LogP contribution in [0.25, 0.3) is 10.2 Å². The minimum absolute atomic E-state index is 0.0283. The van der Waals surface area contributed by atoms with Gasteiger partial charge in [-0.05, 0) is 43.3 Å². The van der Waals surface area contributed by atoms with Crippen molar-refractivity contribution in [3.8, 4) is 5.75 Å². The van der Waals surface area contributed by atoms with Crippen LogP contribution in [0.1, 0.15) is 28.3 Å². The number of thiazole rings is 1. The highest BCUT2D eigenvalue weighted by Gasteiger charge is 2.21. The van der Waals surface area contributed by atoms with Gasteiger partial charge in [0.15, 0.2) is 0 Å². The third kappa shape index (κ3) is 3.05. The van der Waals surface area contributed by atoms with E-state index < -0.39 is 0 Å². The summed E-state index contributed by atoms with van der Waals surface area (Å²) in [6, 6.07) is 15.1. The van der Waals surface area contributed by atoms with E-state index in [1.807, 2.05) is 32.2 Å². The Morgan fingerprint density at radius 1 is 1.17 bits per heavy atom. The van der Waals surface area contributed by atoms with E-state index in [4.69, 9.17) is 4.74 Å². The maximum atomic E-state index is 12.6. The topological polar surface area (TPSA) is 42.4 Å². The molecular weight excluding hydrogens is 308 g/mol. The summed E-state index contributed by atoms with van der Waals surface area (Å²) in [6.07, 6.45) is 0. The first kappa shape index (κ1) is 15.5. The maximum Gasteiger partial charge on any atom is 0.254 e. The average molecular weight is 326 g/mol. The smallest absolute Gasteiger partial charge is 0.254 e. The van der Waals surface area contributed by atoms with Crippen molar-refractivity contribution in [2.75, 3.05) is 14.2 Å². The van der Waals surface area contributed by atoms with Crippen LogP contribution in [0.2, 0.25) is 0 Å². The van der Waals surface area contributed by atoms with Gasteiger partial charge in [-0.25, -0.2) is 4.98 Å². The number of benzene rings is 2. The molecule has 0 unspecified atom stereocenters. The molecule has 0 aliphatic carbocycles. The lowest BCUT2D eigenvalue weighted by Crippen LogP contribution is -2.29. The van der Waals surface area contributed by atoms with Crippen molar-refractivity contribution in [3.05, 3.63) is 59.1 Å². The Kier molecular flexibility index (Phi) is 4.30. The summed E-state index contributed by atoms with van der Waals surface area (Å²) in [7, 11) is 3.42. The molecule has 1 amide bonds. The van der Waals surface area contributed by atoms with Gasteiger partial charge < -0.3 is 9.64 Å². The number of fused-ring (bicyclic) bond motifs is 1. The minimum Gasteiger partial charge on any atom is -0.497 e. The number of carbonyl (C=O) groups excluding carboxylic acids is 1. The number of rotatable bonds is 4. The molecule has 0 N–H and O–H groups in total. The van der Waals surface area contributed by atoms with Crippen molar-refractivity contribution in [2.45, 2.75) is 13.0 Å². The summed E-state index contributed by atoms with van der Waals surface area (Å²) in [5.74, 6) is 0.711. The monoisotopic (exact) mass is 326 g/mol. The number of hydrogen-bond acceptors (Lipinski definition) is 4. The van der Waals surface area contributed by atoms with Gasteiger partial charge in [0.2, 0.25) is 0 Å². The summed E-state index contributed by atoms with van der Waals surface area (Å²) >= 11 is 1.63. The summed E-state index contributed by atoms with van der Waals surface area (Å²) in [6.45, 7) is 2.00. The lowest BCUT2D eigenvalue weighted by molar-refractivity contribution is 0.0742. The maximum absolute atomic E-state index is 12.6. The molecule has 0 bridgehead atoms. The first-order valence-corrected chi connectivity index (χ1v) is 8.18. The summed E-state index contributed by atoms with van der Waals surface area (Å²) in [4.78, 5) is 19.0. The predicted octanol–water partition coefficient (Wildman–Crippen LogP) is 4.14. The molecule has 1 heterocycles. The Morgan fingerprint density at radius 2 is 1.87 bits per heavy atom. The Bertz CT molecular complexity index is 793. The first-order valence-electron chi connectivity index (χ1n) is 7.37. The van der Waals surface area contributed by atoms with Crippen LogP contribution >= 0.6 is 11.3 Å². The van der Waals surface area contributed by atoms with Crippen LogP contribution in [0.15, 0.2) is 48.5 Å². The number of nitrogens with zero attached hydrogens (tertiary/aromatic N) is 2. The van der Waals surface area contributed by atoms with E-state index >= 15 is 0 Å². The van der Waals surface area contributed by atoms with E-state index in [2.05, 4.69) is 11.1 Å².